The highest BCUT2D eigenvalue weighted by atomic mass is 16.5. The van der Waals surface area contributed by atoms with Crippen molar-refractivity contribution in [1.29, 1.82) is 0 Å². The summed E-state index contributed by atoms with van der Waals surface area (Å²) >= 11 is 0. The molecule has 1 aromatic carbocycles. The summed E-state index contributed by atoms with van der Waals surface area (Å²) in [7, 11) is 1.47. The van der Waals surface area contributed by atoms with Crippen LogP contribution >= 0.6 is 0 Å². The van der Waals surface area contributed by atoms with E-state index in [0.717, 1.165) is 6.42 Å². The number of carbonyl (C=O) groups is 3. The molecular formula is C20H26N2O5. The van der Waals surface area contributed by atoms with E-state index in [-0.39, 0.29) is 25.0 Å². The zero-order valence-electron chi connectivity index (χ0n) is 15.8. The number of amides is 2. The van der Waals surface area contributed by atoms with E-state index in [1.165, 1.54) is 7.11 Å². The summed E-state index contributed by atoms with van der Waals surface area (Å²) in [6.07, 6.45) is 1.67. The molecule has 7 nitrogen and oxygen atoms in total. The molecule has 2 fully saturated rings. The first-order valence-electron chi connectivity index (χ1n) is 9.23. The van der Waals surface area contributed by atoms with Crippen LogP contribution < -0.4 is 0 Å². The minimum absolute atomic E-state index is 0.0650. The Kier molecular flexibility index (Phi) is 5.24. The van der Waals surface area contributed by atoms with Gasteiger partial charge in [-0.15, -0.1) is 0 Å². The van der Waals surface area contributed by atoms with Gasteiger partial charge in [0, 0.05) is 32.3 Å². The normalized spacial score (nSPS) is 27.8. The molecule has 3 rings (SSSR count). The van der Waals surface area contributed by atoms with Crippen LogP contribution in [0.25, 0.3) is 0 Å². The average Bonchev–Trinajstić information content (AvgIpc) is 3.27. The predicted octanol–water partition coefficient (Wildman–Crippen LogP) is 1.63. The van der Waals surface area contributed by atoms with E-state index < -0.39 is 16.9 Å². The molecule has 2 atom stereocenters. The quantitative estimate of drug-likeness (QED) is 0.846. The molecule has 7 heteroatoms. The van der Waals surface area contributed by atoms with Gasteiger partial charge in [-0.05, 0) is 38.3 Å². The van der Waals surface area contributed by atoms with Crippen LogP contribution in [-0.4, -0.2) is 71.6 Å². The minimum atomic E-state index is -1.08. The first kappa shape index (κ1) is 19.4. The van der Waals surface area contributed by atoms with Crippen molar-refractivity contribution in [1.82, 2.24) is 9.80 Å². The maximum atomic E-state index is 13.3. The van der Waals surface area contributed by atoms with Gasteiger partial charge in [0.2, 0.25) is 5.91 Å². The third-order valence-electron chi connectivity index (χ3n) is 5.88. The lowest BCUT2D eigenvalue weighted by molar-refractivity contribution is -0.152. The van der Waals surface area contributed by atoms with Crippen molar-refractivity contribution in [2.45, 2.75) is 31.7 Å². The Morgan fingerprint density at radius 1 is 1.15 bits per heavy atom. The predicted molar refractivity (Wildman–Crippen MR) is 98.3 cm³/mol. The Morgan fingerprint density at radius 2 is 1.85 bits per heavy atom. The number of benzene rings is 1. The molecule has 0 spiro atoms. The number of ether oxygens (including phenoxy) is 1. The highest BCUT2D eigenvalue weighted by molar-refractivity contribution is 5.99. The number of carboxylic acid groups (broad SMARTS) is 1. The fourth-order valence-electron chi connectivity index (χ4n) is 4.26. The Morgan fingerprint density at radius 3 is 2.48 bits per heavy atom. The van der Waals surface area contributed by atoms with E-state index >= 15 is 0 Å². The topological polar surface area (TPSA) is 87.2 Å². The van der Waals surface area contributed by atoms with Crippen LogP contribution in [0.1, 0.15) is 36.5 Å². The largest absolute Gasteiger partial charge is 0.481 e. The van der Waals surface area contributed by atoms with Gasteiger partial charge in [-0.1, -0.05) is 18.2 Å². The third-order valence-corrected chi connectivity index (χ3v) is 5.88. The molecule has 0 aliphatic carbocycles. The van der Waals surface area contributed by atoms with Gasteiger partial charge >= 0.3 is 5.97 Å². The zero-order chi connectivity index (χ0) is 19.7. The first-order valence-corrected chi connectivity index (χ1v) is 9.23. The Bertz CT molecular complexity index is 737. The van der Waals surface area contributed by atoms with Crippen molar-refractivity contribution < 1.29 is 24.2 Å². The lowest BCUT2D eigenvalue weighted by Gasteiger charge is -2.37. The van der Waals surface area contributed by atoms with Crippen LogP contribution in [0.5, 0.6) is 0 Å². The first-order chi connectivity index (χ1) is 12.8. The Labute approximate surface area is 158 Å². The number of hydrogen-bond acceptors (Lipinski definition) is 4. The van der Waals surface area contributed by atoms with Crippen LogP contribution in [0.15, 0.2) is 30.3 Å². The lowest BCUT2D eigenvalue weighted by atomic mass is 9.88. The molecule has 0 bridgehead atoms. The van der Waals surface area contributed by atoms with Gasteiger partial charge in [0.25, 0.3) is 5.91 Å². The second-order valence-corrected chi connectivity index (χ2v) is 7.70. The lowest BCUT2D eigenvalue weighted by Crippen LogP contribution is -2.56. The van der Waals surface area contributed by atoms with Crippen molar-refractivity contribution in [2.75, 3.05) is 33.4 Å². The summed E-state index contributed by atoms with van der Waals surface area (Å²) in [5, 5.41) is 9.63. The van der Waals surface area contributed by atoms with Crippen molar-refractivity contribution in [3.05, 3.63) is 35.9 Å². The molecule has 2 aliphatic rings. The van der Waals surface area contributed by atoms with E-state index in [9.17, 15) is 19.5 Å². The minimum Gasteiger partial charge on any atom is -0.481 e. The molecular weight excluding hydrogens is 348 g/mol. The second-order valence-electron chi connectivity index (χ2n) is 7.70. The molecule has 1 aromatic rings. The van der Waals surface area contributed by atoms with Gasteiger partial charge in [0.15, 0.2) is 0 Å². The maximum Gasteiger partial charge on any atom is 0.313 e. The van der Waals surface area contributed by atoms with E-state index in [0.29, 0.717) is 31.5 Å². The van der Waals surface area contributed by atoms with Gasteiger partial charge in [0.1, 0.15) is 11.0 Å². The summed E-state index contributed by atoms with van der Waals surface area (Å²) < 4.78 is 5.10. The van der Waals surface area contributed by atoms with Gasteiger partial charge in [-0.3, -0.25) is 14.4 Å². The molecule has 146 valence electrons. The van der Waals surface area contributed by atoms with E-state index in [1.807, 2.05) is 6.07 Å². The summed E-state index contributed by atoms with van der Waals surface area (Å²) in [5.74, 6) is -1.29. The number of carbonyl (C=O) groups excluding carboxylic acids is 2. The van der Waals surface area contributed by atoms with Crippen LogP contribution in [0, 0.1) is 5.41 Å². The van der Waals surface area contributed by atoms with Crippen molar-refractivity contribution >= 4 is 17.8 Å². The van der Waals surface area contributed by atoms with Gasteiger partial charge in [0.05, 0.1) is 6.61 Å². The summed E-state index contributed by atoms with van der Waals surface area (Å²) in [5.41, 5.74) is -1.47. The highest BCUT2D eigenvalue weighted by Gasteiger charge is 2.53. The number of likely N-dealkylation sites (tertiary alicyclic amines) is 2. The van der Waals surface area contributed by atoms with E-state index in [1.54, 1.807) is 41.0 Å². The van der Waals surface area contributed by atoms with Crippen LogP contribution in [0.2, 0.25) is 0 Å². The Balaban J connectivity index is 1.81. The molecule has 0 saturated carbocycles. The van der Waals surface area contributed by atoms with E-state index in [4.69, 9.17) is 4.74 Å². The molecule has 2 saturated heterocycles. The number of hydrogen-bond donors (Lipinski definition) is 1. The maximum absolute atomic E-state index is 13.3. The molecule has 1 N–H and O–H groups in total. The Hall–Kier alpha value is -2.41. The van der Waals surface area contributed by atoms with Gasteiger partial charge in [-0.25, -0.2) is 0 Å². The molecule has 0 aromatic heterocycles. The summed E-state index contributed by atoms with van der Waals surface area (Å²) in [4.78, 5) is 41.3. The van der Waals surface area contributed by atoms with Crippen LogP contribution in [-0.2, 0) is 14.3 Å². The van der Waals surface area contributed by atoms with Crippen molar-refractivity contribution in [3.63, 3.8) is 0 Å². The molecule has 2 amide bonds. The fraction of sp³-hybridized carbons (Fsp3) is 0.550. The molecule has 2 heterocycles. The third kappa shape index (κ3) is 3.32. The SMILES string of the molecule is COCC1(C(=O)O)CCN(C(=O)C2(C)CCCN2C(=O)c2ccccc2)C1. The fourth-order valence-corrected chi connectivity index (χ4v) is 4.26. The van der Waals surface area contributed by atoms with Gasteiger partial charge < -0.3 is 19.6 Å². The number of methoxy groups -OCH3 is 1. The second kappa shape index (κ2) is 7.31. The zero-order valence-corrected chi connectivity index (χ0v) is 15.8. The molecule has 2 unspecified atom stereocenters. The monoisotopic (exact) mass is 374 g/mol. The highest BCUT2D eigenvalue weighted by Crippen LogP contribution is 2.37. The smallest absolute Gasteiger partial charge is 0.313 e. The molecule has 27 heavy (non-hydrogen) atoms. The number of nitrogens with zero attached hydrogens (tertiary/aromatic N) is 2. The molecule has 2 aliphatic heterocycles. The summed E-state index contributed by atoms with van der Waals surface area (Å²) in [6.45, 7) is 2.84. The summed E-state index contributed by atoms with van der Waals surface area (Å²) in [6, 6.07) is 8.94. The number of carboxylic acids is 1. The van der Waals surface area contributed by atoms with E-state index in [2.05, 4.69) is 0 Å². The number of aliphatic carboxylic acids is 1. The van der Waals surface area contributed by atoms with Crippen molar-refractivity contribution in [3.8, 4) is 0 Å². The molecule has 0 radical (unpaired) electrons. The van der Waals surface area contributed by atoms with Crippen molar-refractivity contribution in [2.24, 2.45) is 5.41 Å². The standard InChI is InChI=1S/C20H26N2O5/c1-19(9-6-11-22(19)16(23)15-7-4-3-5-8-15)17(24)21-12-10-20(13-21,14-27-2)18(25)26/h3-5,7-8H,6,9-14H2,1-2H3,(H,25,26). The van der Waals surface area contributed by atoms with Crippen LogP contribution in [0.4, 0.5) is 0 Å². The van der Waals surface area contributed by atoms with Gasteiger partial charge in [-0.2, -0.15) is 0 Å². The van der Waals surface area contributed by atoms with Crippen LogP contribution in [0.3, 0.4) is 0 Å². The average molecular weight is 374 g/mol. The number of rotatable bonds is 5.